The number of amides is 1. The van der Waals surface area contributed by atoms with Crippen LogP contribution in [-0.4, -0.2) is 66.5 Å². The summed E-state index contributed by atoms with van der Waals surface area (Å²) in [4.78, 5) is 11.9. The number of β-amino-alcohol motifs (C(OH)–C–C–N with tert-alkyl or cyclic N) is 1. The zero-order valence-electron chi connectivity index (χ0n) is 20.2. The molecule has 0 saturated carbocycles. The van der Waals surface area contributed by atoms with Gasteiger partial charge in [-0.05, 0) is 19.3 Å². The van der Waals surface area contributed by atoms with E-state index in [2.05, 4.69) is 17.6 Å². The lowest BCUT2D eigenvalue weighted by atomic mass is 10.0. The standard InChI is InChI=1S/C23H46N2O7S/c1-2-3-4-11-14-19(32-33(29,30)31)15-12-9-7-5-6-8-10-13-16-22(27)25-17-20-23(28)21(26)18-24-20/h19-21,23-24,26,28H,2-18H2,1H3,(H,25,27)(H,29,30,31)/t19-,20+,21+,23+/m1/s1. The summed E-state index contributed by atoms with van der Waals surface area (Å²) in [5.41, 5.74) is 0. The number of rotatable bonds is 20. The molecule has 4 atom stereocenters. The molecule has 1 saturated heterocycles. The maximum Gasteiger partial charge on any atom is 0.397 e. The normalized spacial score (nSPS) is 21.9. The van der Waals surface area contributed by atoms with Crippen molar-refractivity contribution in [3.05, 3.63) is 0 Å². The van der Waals surface area contributed by atoms with Gasteiger partial charge >= 0.3 is 10.4 Å². The van der Waals surface area contributed by atoms with Crippen molar-refractivity contribution in [2.24, 2.45) is 0 Å². The molecule has 1 rings (SSSR count). The molecular formula is C23H46N2O7S. The van der Waals surface area contributed by atoms with Crippen LogP contribution in [0.3, 0.4) is 0 Å². The van der Waals surface area contributed by atoms with Gasteiger partial charge in [-0.2, -0.15) is 8.42 Å². The van der Waals surface area contributed by atoms with Crippen LogP contribution in [0, 0.1) is 0 Å². The molecule has 0 aromatic rings. The van der Waals surface area contributed by atoms with Crippen molar-refractivity contribution >= 4 is 16.3 Å². The van der Waals surface area contributed by atoms with Gasteiger partial charge in [-0.3, -0.25) is 9.35 Å². The predicted octanol–water partition coefficient (Wildman–Crippen LogP) is 2.86. The van der Waals surface area contributed by atoms with Gasteiger partial charge in [0.2, 0.25) is 5.91 Å². The fourth-order valence-corrected chi connectivity index (χ4v) is 4.75. The van der Waals surface area contributed by atoms with Crippen LogP contribution in [0.1, 0.15) is 103 Å². The van der Waals surface area contributed by atoms with Crippen molar-refractivity contribution in [3.8, 4) is 0 Å². The quantitative estimate of drug-likeness (QED) is 0.128. The fraction of sp³-hybridized carbons (Fsp3) is 0.957. The van der Waals surface area contributed by atoms with Gasteiger partial charge in [0, 0.05) is 19.5 Å². The predicted molar refractivity (Wildman–Crippen MR) is 128 cm³/mol. The lowest BCUT2D eigenvalue weighted by Crippen LogP contribution is -2.43. The molecule has 0 spiro atoms. The van der Waals surface area contributed by atoms with E-state index in [0.29, 0.717) is 32.4 Å². The van der Waals surface area contributed by atoms with Crippen molar-refractivity contribution < 1.29 is 32.2 Å². The van der Waals surface area contributed by atoms with E-state index in [1.54, 1.807) is 0 Å². The highest BCUT2D eigenvalue weighted by Crippen LogP contribution is 2.18. The Balaban J connectivity index is 1.98. The second-order valence-electron chi connectivity index (χ2n) is 9.24. The molecule has 0 bridgehead atoms. The Morgan fingerprint density at radius 2 is 1.52 bits per heavy atom. The smallest absolute Gasteiger partial charge is 0.389 e. The van der Waals surface area contributed by atoms with E-state index in [1.807, 2.05) is 0 Å². The van der Waals surface area contributed by atoms with E-state index in [0.717, 1.165) is 77.0 Å². The number of hydrogen-bond donors (Lipinski definition) is 5. The number of carbonyl (C=O) groups is 1. The summed E-state index contributed by atoms with van der Waals surface area (Å²) in [6.07, 6.45) is 12.1. The molecule has 0 aromatic heterocycles. The van der Waals surface area contributed by atoms with Gasteiger partial charge in [0.15, 0.2) is 0 Å². The first-order chi connectivity index (χ1) is 15.7. The molecule has 1 amide bonds. The molecule has 0 aliphatic carbocycles. The van der Waals surface area contributed by atoms with Crippen LogP contribution in [-0.2, 0) is 19.4 Å². The Labute approximate surface area is 200 Å². The zero-order valence-corrected chi connectivity index (χ0v) is 21.0. The molecule has 1 aliphatic rings. The van der Waals surface area contributed by atoms with Crippen LogP contribution >= 0.6 is 0 Å². The van der Waals surface area contributed by atoms with E-state index in [4.69, 9.17) is 8.74 Å². The first kappa shape index (κ1) is 30.3. The van der Waals surface area contributed by atoms with Crippen LogP contribution in [0.5, 0.6) is 0 Å². The number of aliphatic hydroxyl groups is 2. The molecule has 9 nitrogen and oxygen atoms in total. The number of hydrogen-bond acceptors (Lipinski definition) is 7. The fourth-order valence-electron chi connectivity index (χ4n) is 4.22. The molecule has 1 heterocycles. The summed E-state index contributed by atoms with van der Waals surface area (Å²) in [7, 11) is -4.40. The molecule has 10 heteroatoms. The van der Waals surface area contributed by atoms with E-state index in [1.165, 1.54) is 0 Å². The van der Waals surface area contributed by atoms with Gasteiger partial charge in [-0.1, -0.05) is 77.6 Å². The van der Waals surface area contributed by atoms with Crippen molar-refractivity contribution in [1.29, 1.82) is 0 Å². The van der Waals surface area contributed by atoms with Crippen molar-refractivity contribution in [2.45, 2.75) is 128 Å². The Kier molecular flexibility index (Phi) is 16.2. The van der Waals surface area contributed by atoms with E-state index < -0.39 is 28.7 Å². The minimum Gasteiger partial charge on any atom is -0.389 e. The highest BCUT2D eigenvalue weighted by atomic mass is 32.3. The first-order valence-corrected chi connectivity index (χ1v) is 14.1. The zero-order chi connectivity index (χ0) is 24.5. The third kappa shape index (κ3) is 15.7. The summed E-state index contributed by atoms with van der Waals surface area (Å²) >= 11 is 0. The maximum absolute atomic E-state index is 11.9. The lowest BCUT2D eigenvalue weighted by molar-refractivity contribution is -0.121. The van der Waals surface area contributed by atoms with Gasteiger partial charge in [0.25, 0.3) is 0 Å². The van der Waals surface area contributed by atoms with E-state index >= 15 is 0 Å². The number of nitrogens with one attached hydrogen (secondary N) is 2. The van der Waals surface area contributed by atoms with Crippen molar-refractivity contribution in [1.82, 2.24) is 10.6 Å². The van der Waals surface area contributed by atoms with Gasteiger partial charge in [-0.15, -0.1) is 0 Å². The second-order valence-corrected chi connectivity index (χ2v) is 10.3. The van der Waals surface area contributed by atoms with Crippen molar-refractivity contribution in [2.75, 3.05) is 13.1 Å². The number of carbonyl (C=O) groups excluding carboxylic acids is 1. The SMILES string of the molecule is CCCCCC[C@H](CCCCCCCCCCC(=O)NC[C@@H]1NC[C@H](O)[C@H]1O)OS(=O)(=O)O. The molecule has 33 heavy (non-hydrogen) atoms. The van der Waals surface area contributed by atoms with Crippen LogP contribution in [0.15, 0.2) is 0 Å². The third-order valence-corrected chi connectivity index (χ3v) is 6.75. The maximum atomic E-state index is 11.9. The Bertz CT molecular complexity index is 618. The summed E-state index contributed by atoms with van der Waals surface area (Å²) in [5, 5.41) is 25.0. The summed E-state index contributed by atoms with van der Waals surface area (Å²) in [6, 6.07) is -0.292. The molecule has 0 aromatic carbocycles. The highest BCUT2D eigenvalue weighted by molar-refractivity contribution is 7.80. The molecule has 0 radical (unpaired) electrons. The summed E-state index contributed by atoms with van der Waals surface area (Å²) in [5.74, 6) is -0.0262. The van der Waals surface area contributed by atoms with Crippen LogP contribution < -0.4 is 10.6 Å². The third-order valence-electron chi connectivity index (χ3n) is 6.23. The summed E-state index contributed by atoms with van der Waals surface area (Å²) in [6.45, 7) is 2.80. The minimum atomic E-state index is -4.40. The Hall–Kier alpha value is -0.780. The Morgan fingerprint density at radius 3 is 2.03 bits per heavy atom. The highest BCUT2D eigenvalue weighted by Gasteiger charge is 2.32. The Morgan fingerprint density at radius 1 is 0.970 bits per heavy atom. The average molecular weight is 495 g/mol. The first-order valence-electron chi connectivity index (χ1n) is 12.7. The topological polar surface area (TPSA) is 145 Å². The van der Waals surface area contributed by atoms with Gasteiger partial charge < -0.3 is 20.8 Å². The van der Waals surface area contributed by atoms with Crippen LogP contribution in [0.25, 0.3) is 0 Å². The molecule has 1 aliphatic heterocycles. The van der Waals surface area contributed by atoms with Crippen LogP contribution in [0.4, 0.5) is 0 Å². The molecule has 196 valence electrons. The molecular weight excluding hydrogens is 448 g/mol. The molecule has 0 unspecified atom stereocenters. The number of aliphatic hydroxyl groups excluding tert-OH is 2. The van der Waals surface area contributed by atoms with Crippen molar-refractivity contribution in [3.63, 3.8) is 0 Å². The lowest BCUT2D eigenvalue weighted by Gasteiger charge is -2.16. The van der Waals surface area contributed by atoms with Crippen LogP contribution in [0.2, 0.25) is 0 Å². The van der Waals surface area contributed by atoms with Gasteiger partial charge in [-0.25, -0.2) is 4.18 Å². The molecule has 1 fully saturated rings. The van der Waals surface area contributed by atoms with E-state index in [-0.39, 0.29) is 11.9 Å². The minimum absolute atomic E-state index is 0.0262. The summed E-state index contributed by atoms with van der Waals surface area (Å²) < 4.78 is 35.9. The number of unbranched alkanes of at least 4 members (excludes halogenated alkanes) is 10. The second kappa shape index (κ2) is 17.6. The van der Waals surface area contributed by atoms with Gasteiger partial charge in [0.1, 0.15) is 0 Å². The molecule has 5 N–H and O–H groups in total. The average Bonchev–Trinajstić information content (AvgIpc) is 3.07. The largest absolute Gasteiger partial charge is 0.397 e. The monoisotopic (exact) mass is 494 g/mol. The van der Waals surface area contributed by atoms with E-state index in [9.17, 15) is 23.4 Å². The van der Waals surface area contributed by atoms with Gasteiger partial charge in [0.05, 0.1) is 24.4 Å².